The van der Waals surface area contributed by atoms with Crippen molar-refractivity contribution in [3.63, 3.8) is 0 Å². The molecule has 0 saturated heterocycles. The number of hydrogen-bond donors (Lipinski definition) is 0. The molecule has 0 N–H and O–H groups in total. The average Bonchev–Trinajstić information content (AvgIpc) is 2.70. The van der Waals surface area contributed by atoms with Crippen LogP contribution in [0.15, 0.2) is 28.8 Å². The second-order valence-electron chi connectivity index (χ2n) is 3.67. The average molecular weight is 288 g/mol. The van der Waals surface area contributed by atoms with Gasteiger partial charge in [0, 0.05) is 17.6 Å². The standard InChI is InChI=1S/C12H11Cl2NOS/c1-8-4-10(15-16-8)7-17-6-9-2-3-11(13)12(14)5-9/h2-5H,6-7H2,1H3. The van der Waals surface area contributed by atoms with Crippen molar-refractivity contribution in [3.05, 3.63) is 51.3 Å². The van der Waals surface area contributed by atoms with E-state index in [1.54, 1.807) is 11.8 Å². The van der Waals surface area contributed by atoms with Gasteiger partial charge in [-0.25, -0.2) is 0 Å². The summed E-state index contributed by atoms with van der Waals surface area (Å²) >= 11 is 13.6. The highest BCUT2D eigenvalue weighted by atomic mass is 35.5. The van der Waals surface area contributed by atoms with E-state index in [4.69, 9.17) is 27.7 Å². The van der Waals surface area contributed by atoms with Crippen molar-refractivity contribution >= 4 is 35.0 Å². The van der Waals surface area contributed by atoms with E-state index in [0.717, 1.165) is 28.5 Å². The third-order valence-electron chi connectivity index (χ3n) is 2.18. The summed E-state index contributed by atoms with van der Waals surface area (Å²) in [5.41, 5.74) is 2.12. The van der Waals surface area contributed by atoms with Gasteiger partial charge in [-0.2, -0.15) is 11.8 Å². The van der Waals surface area contributed by atoms with E-state index in [1.165, 1.54) is 0 Å². The number of aryl methyl sites for hydroxylation is 1. The second-order valence-corrected chi connectivity index (χ2v) is 5.47. The molecule has 2 rings (SSSR count). The highest BCUT2D eigenvalue weighted by molar-refractivity contribution is 7.97. The van der Waals surface area contributed by atoms with E-state index in [1.807, 2.05) is 31.2 Å². The first-order chi connectivity index (χ1) is 8.15. The van der Waals surface area contributed by atoms with Crippen molar-refractivity contribution in [1.82, 2.24) is 5.16 Å². The Hall–Kier alpha value is -0.640. The molecular weight excluding hydrogens is 277 g/mol. The summed E-state index contributed by atoms with van der Waals surface area (Å²) in [5.74, 6) is 2.55. The molecule has 0 aliphatic carbocycles. The second kappa shape index (κ2) is 5.80. The van der Waals surface area contributed by atoms with Crippen LogP contribution in [0.2, 0.25) is 10.0 Å². The zero-order chi connectivity index (χ0) is 12.3. The van der Waals surface area contributed by atoms with Crippen LogP contribution in [-0.2, 0) is 11.5 Å². The van der Waals surface area contributed by atoms with Gasteiger partial charge >= 0.3 is 0 Å². The molecule has 90 valence electrons. The normalized spacial score (nSPS) is 10.8. The fourth-order valence-corrected chi connectivity index (χ4v) is 2.57. The van der Waals surface area contributed by atoms with Gasteiger partial charge in [0.05, 0.1) is 15.7 Å². The summed E-state index contributed by atoms with van der Waals surface area (Å²) in [7, 11) is 0. The van der Waals surface area contributed by atoms with Crippen LogP contribution in [0, 0.1) is 6.92 Å². The van der Waals surface area contributed by atoms with Crippen molar-refractivity contribution < 1.29 is 4.52 Å². The Kier molecular flexibility index (Phi) is 4.37. The Balaban J connectivity index is 1.87. The maximum Gasteiger partial charge on any atom is 0.133 e. The van der Waals surface area contributed by atoms with Crippen LogP contribution in [0.25, 0.3) is 0 Å². The van der Waals surface area contributed by atoms with Crippen molar-refractivity contribution in [2.45, 2.75) is 18.4 Å². The number of aromatic nitrogens is 1. The van der Waals surface area contributed by atoms with Crippen LogP contribution in [0.4, 0.5) is 0 Å². The van der Waals surface area contributed by atoms with E-state index in [2.05, 4.69) is 5.16 Å². The summed E-state index contributed by atoms with van der Waals surface area (Å²) < 4.78 is 5.00. The number of thioether (sulfide) groups is 1. The van der Waals surface area contributed by atoms with E-state index < -0.39 is 0 Å². The molecule has 0 bridgehead atoms. The smallest absolute Gasteiger partial charge is 0.133 e. The van der Waals surface area contributed by atoms with Crippen LogP contribution >= 0.6 is 35.0 Å². The van der Waals surface area contributed by atoms with Gasteiger partial charge in [0.1, 0.15) is 5.76 Å². The van der Waals surface area contributed by atoms with Gasteiger partial charge < -0.3 is 4.52 Å². The Morgan fingerprint density at radius 1 is 1.18 bits per heavy atom. The fourth-order valence-electron chi connectivity index (χ4n) is 1.39. The highest BCUT2D eigenvalue weighted by Gasteiger charge is 2.02. The Morgan fingerprint density at radius 2 is 2.00 bits per heavy atom. The molecule has 1 heterocycles. The Labute approximate surface area is 114 Å². The Bertz CT molecular complexity index is 513. The zero-order valence-corrected chi connectivity index (χ0v) is 11.6. The van der Waals surface area contributed by atoms with Gasteiger partial charge in [0.25, 0.3) is 0 Å². The monoisotopic (exact) mass is 287 g/mol. The molecular formula is C12H11Cl2NOS. The molecule has 0 spiro atoms. The van der Waals surface area contributed by atoms with Crippen LogP contribution in [0.1, 0.15) is 17.0 Å². The lowest BCUT2D eigenvalue weighted by Crippen LogP contribution is -1.84. The topological polar surface area (TPSA) is 26.0 Å². The van der Waals surface area contributed by atoms with Gasteiger partial charge in [0.2, 0.25) is 0 Å². The highest BCUT2D eigenvalue weighted by Crippen LogP contribution is 2.25. The van der Waals surface area contributed by atoms with E-state index in [0.29, 0.717) is 10.0 Å². The van der Waals surface area contributed by atoms with Crippen LogP contribution in [0.5, 0.6) is 0 Å². The van der Waals surface area contributed by atoms with E-state index in [9.17, 15) is 0 Å². The minimum Gasteiger partial charge on any atom is -0.361 e. The fraction of sp³-hybridized carbons (Fsp3) is 0.250. The molecule has 0 amide bonds. The summed E-state index contributed by atoms with van der Waals surface area (Å²) in [6, 6.07) is 7.64. The van der Waals surface area contributed by atoms with E-state index >= 15 is 0 Å². The summed E-state index contributed by atoms with van der Waals surface area (Å²) in [6.07, 6.45) is 0. The Morgan fingerprint density at radius 3 is 2.65 bits per heavy atom. The predicted molar refractivity (Wildman–Crippen MR) is 72.7 cm³/mol. The van der Waals surface area contributed by atoms with Gasteiger partial charge in [-0.05, 0) is 24.6 Å². The maximum absolute atomic E-state index is 5.94. The molecule has 0 aliphatic rings. The first-order valence-corrected chi connectivity index (χ1v) is 7.00. The summed E-state index contributed by atoms with van der Waals surface area (Å²) in [4.78, 5) is 0. The van der Waals surface area contributed by atoms with E-state index in [-0.39, 0.29) is 0 Å². The predicted octanol–water partition coefficient (Wildman–Crippen LogP) is 4.72. The van der Waals surface area contributed by atoms with Gasteiger partial charge in [-0.1, -0.05) is 34.4 Å². The summed E-state index contributed by atoms with van der Waals surface area (Å²) in [6.45, 7) is 1.89. The lowest BCUT2D eigenvalue weighted by molar-refractivity contribution is 0.393. The minimum absolute atomic E-state index is 0.590. The molecule has 0 aliphatic heterocycles. The molecule has 0 unspecified atom stereocenters. The van der Waals surface area contributed by atoms with Crippen molar-refractivity contribution in [3.8, 4) is 0 Å². The van der Waals surface area contributed by atoms with Gasteiger partial charge in [0.15, 0.2) is 0 Å². The molecule has 0 fully saturated rings. The molecule has 17 heavy (non-hydrogen) atoms. The molecule has 2 aromatic rings. The number of benzene rings is 1. The minimum atomic E-state index is 0.590. The van der Waals surface area contributed by atoms with Crippen molar-refractivity contribution in [1.29, 1.82) is 0 Å². The van der Waals surface area contributed by atoms with Crippen LogP contribution < -0.4 is 0 Å². The molecule has 5 heteroatoms. The van der Waals surface area contributed by atoms with Crippen LogP contribution in [-0.4, -0.2) is 5.16 Å². The van der Waals surface area contributed by atoms with Crippen LogP contribution in [0.3, 0.4) is 0 Å². The zero-order valence-electron chi connectivity index (χ0n) is 9.24. The number of hydrogen-bond acceptors (Lipinski definition) is 3. The largest absolute Gasteiger partial charge is 0.361 e. The molecule has 2 nitrogen and oxygen atoms in total. The molecule has 1 aromatic carbocycles. The third kappa shape index (κ3) is 3.66. The quantitative estimate of drug-likeness (QED) is 0.814. The molecule has 0 atom stereocenters. The van der Waals surface area contributed by atoms with Crippen molar-refractivity contribution in [2.24, 2.45) is 0 Å². The lowest BCUT2D eigenvalue weighted by atomic mass is 10.2. The maximum atomic E-state index is 5.94. The molecule has 0 radical (unpaired) electrons. The van der Waals surface area contributed by atoms with Gasteiger partial charge in [-0.15, -0.1) is 0 Å². The third-order valence-corrected chi connectivity index (χ3v) is 3.96. The van der Waals surface area contributed by atoms with Crippen molar-refractivity contribution in [2.75, 3.05) is 0 Å². The first kappa shape index (κ1) is 12.8. The number of halogens is 2. The lowest BCUT2D eigenvalue weighted by Gasteiger charge is -2.02. The number of nitrogens with zero attached hydrogens (tertiary/aromatic N) is 1. The number of rotatable bonds is 4. The van der Waals surface area contributed by atoms with Gasteiger partial charge in [-0.3, -0.25) is 0 Å². The molecule has 0 saturated carbocycles. The SMILES string of the molecule is Cc1cc(CSCc2ccc(Cl)c(Cl)c2)no1. The molecule has 1 aromatic heterocycles. The first-order valence-electron chi connectivity index (χ1n) is 5.09. The summed E-state index contributed by atoms with van der Waals surface area (Å²) in [5, 5.41) is 5.13.